The Morgan fingerprint density at radius 2 is 2.07 bits per heavy atom. The fraction of sp³-hybridized carbons (Fsp3) is 0.227. The number of nitrogens with zero attached hydrogens (tertiary/aromatic N) is 4. The van der Waals surface area contributed by atoms with Gasteiger partial charge in [0.15, 0.2) is 0 Å². The van der Waals surface area contributed by atoms with Crippen LogP contribution in [0.5, 0.6) is 0 Å². The van der Waals surface area contributed by atoms with Crippen molar-refractivity contribution < 1.29 is 4.79 Å². The molecule has 1 unspecified atom stereocenters. The molecular formula is C22H23N5O. The second-order valence-corrected chi connectivity index (χ2v) is 7.02. The van der Waals surface area contributed by atoms with Gasteiger partial charge in [0.25, 0.3) is 0 Å². The molecule has 1 saturated heterocycles. The van der Waals surface area contributed by atoms with Gasteiger partial charge in [0.2, 0.25) is 5.91 Å². The second kappa shape index (κ2) is 8.19. The van der Waals surface area contributed by atoms with E-state index in [-0.39, 0.29) is 11.9 Å². The molecule has 1 aliphatic rings. The normalized spacial score (nSPS) is 16.8. The molecule has 1 fully saturated rings. The number of carbonyl (C=O) groups excluding carboxylic acids is 1. The van der Waals surface area contributed by atoms with E-state index >= 15 is 0 Å². The Bertz CT molecular complexity index is 965. The van der Waals surface area contributed by atoms with Gasteiger partial charge in [-0.1, -0.05) is 30.3 Å². The van der Waals surface area contributed by atoms with Gasteiger partial charge < -0.3 is 10.6 Å². The van der Waals surface area contributed by atoms with E-state index in [0.29, 0.717) is 19.6 Å². The second-order valence-electron chi connectivity index (χ2n) is 7.02. The summed E-state index contributed by atoms with van der Waals surface area (Å²) in [5.41, 5.74) is 9.70. The van der Waals surface area contributed by atoms with Crippen LogP contribution in [-0.4, -0.2) is 44.7 Å². The SMILES string of the molecule is NC1CCN(C(=O)/C=C/c2cn(Cc3ccccc3)nc2-c2cccnc2)C1. The molecule has 6 heteroatoms. The maximum absolute atomic E-state index is 12.5. The molecule has 2 N–H and O–H groups in total. The molecule has 1 aliphatic heterocycles. The lowest BCUT2D eigenvalue weighted by Gasteiger charge is -2.12. The van der Waals surface area contributed by atoms with Gasteiger partial charge in [-0.2, -0.15) is 5.10 Å². The standard InChI is InChI=1S/C22H23N5O/c23-20-10-12-26(16-20)21(28)9-8-19-15-27(14-17-5-2-1-3-6-17)25-22(19)18-7-4-11-24-13-18/h1-9,11,13,15,20H,10,12,14,16,23H2/b9-8+. The minimum Gasteiger partial charge on any atom is -0.338 e. The van der Waals surface area contributed by atoms with Crippen LogP contribution in [0.4, 0.5) is 0 Å². The number of hydrogen-bond donors (Lipinski definition) is 1. The Morgan fingerprint density at radius 3 is 2.79 bits per heavy atom. The van der Waals surface area contributed by atoms with Crippen molar-refractivity contribution in [3.63, 3.8) is 0 Å². The highest BCUT2D eigenvalue weighted by molar-refractivity contribution is 5.93. The molecule has 1 aromatic carbocycles. The average Bonchev–Trinajstić information content (AvgIpc) is 3.34. The molecule has 142 valence electrons. The molecule has 2 aromatic heterocycles. The highest BCUT2D eigenvalue weighted by Gasteiger charge is 2.22. The van der Waals surface area contributed by atoms with Gasteiger partial charge in [-0.3, -0.25) is 14.5 Å². The third-order valence-electron chi connectivity index (χ3n) is 4.85. The largest absolute Gasteiger partial charge is 0.338 e. The first-order valence-corrected chi connectivity index (χ1v) is 9.43. The molecule has 0 saturated carbocycles. The van der Waals surface area contributed by atoms with Gasteiger partial charge >= 0.3 is 0 Å². The van der Waals surface area contributed by atoms with Crippen LogP contribution in [0, 0.1) is 0 Å². The van der Waals surface area contributed by atoms with Crippen molar-refractivity contribution in [1.82, 2.24) is 19.7 Å². The quantitative estimate of drug-likeness (QED) is 0.698. The lowest BCUT2D eigenvalue weighted by molar-refractivity contribution is -0.124. The molecule has 1 amide bonds. The maximum Gasteiger partial charge on any atom is 0.246 e. The van der Waals surface area contributed by atoms with Crippen molar-refractivity contribution in [1.29, 1.82) is 0 Å². The Hall–Kier alpha value is -3.25. The minimum absolute atomic E-state index is 0.0131. The summed E-state index contributed by atoms with van der Waals surface area (Å²) in [6, 6.07) is 14.1. The number of hydrogen-bond acceptors (Lipinski definition) is 4. The van der Waals surface area contributed by atoms with Crippen LogP contribution in [0.3, 0.4) is 0 Å². The predicted octanol–water partition coefficient (Wildman–Crippen LogP) is 2.57. The zero-order valence-electron chi connectivity index (χ0n) is 15.6. The van der Waals surface area contributed by atoms with Gasteiger partial charge in [0.1, 0.15) is 5.69 Å². The third kappa shape index (κ3) is 4.18. The molecule has 0 bridgehead atoms. The lowest BCUT2D eigenvalue weighted by Crippen LogP contribution is -2.30. The number of nitrogens with two attached hydrogens (primary N) is 1. The van der Waals surface area contributed by atoms with Crippen LogP contribution < -0.4 is 5.73 Å². The summed E-state index contributed by atoms with van der Waals surface area (Å²) in [5, 5.41) is 4.74. The molecule has 0 radical (unpaired) electrons. The number of pyridine rings is 1. The molecule has 0 aliphatic carbocycles. The van der Waals surface area contributed by atoms with E-state index in [4.69, 9.17) is 10.8 Å². The van der Waals surface area contributed by atoms with Gasteiger partial charge in [-0.05, 0) is 30.2 Å². The van der Waals surface area contributed by atoms with E-state index in [1.807, 2.05) is 47.3 Å². The molecule has 1 atom stereocenters. The van der Waals surface area contributed by atoms with Crippen molar-refractivity contribution in [3.05, 3.63) is 78.3 Å². The van der Waals surface area contributed by atoms with Gasteiger partial charge in [-0.15, -0.1) is 0 Å². The van der Waals surface area contributed by atoms with Crippen LogP contribution in [0.1, 0.15) is 17.5 Å². The molecular weight excluding hydrogens is 350 g/mol. The summed E-state index contributed by atoms with van der Waals surface area (Å²) in [5.74, 6) is -0.0131. The molecule has 0 spiro atoms. The molecule has 6 nitrogen and oxygen atoms in total. The summed E-state index contributed by atoms with van der Waals surface area (Å²) < 4.78 is 1.90. The van der Waals surface area contributed by atoms with E-state index in [1.54, 1.807) is 23.4 Å². The zero-order valence-corrected chi connectivity index (χ0v) is 15.6. The Labute approximate surface area is 164 Å². The molecule has 28 heavy (non-hydrogen) atoms. The number of likely N-dealkylation sites (tertiary alicyclic amines) is 1. The van der Waals surface area contributed by atoms with Gasteiger partial charge in [-0.25, -0.2) is 0 Å². The van der Waals surface area contributed by atoms with Crippen molar-refractivity contribution in [2.45, 2.75) is 19.0 Å². The van der Waals surface area contributed by atoms with E-state index in [1.165, 1.54) is 5.56 Å². The summed E-state index contributed by atoms with van der Waals surface area (Å²) >= 11 is 0. The Kier molecular flexibility index (Phi) is 5.30. The van der Waals surface area contributed by atoms with E-state index in [0.717, 1.165) is 23.2 Å². The first kappa shape index (κ1) is 18.1. The fourth-order valence-electron chi connectivity index (χ4n) is 3.39. The van der Waals surface area contributed by atoms with Crippen LogP contribution in [-0.2, 0) is 11.3 Å². The fourth-order valence-corrected chi connectivity index (χ4v) is 3.39. The van der Waals surface area contributed by atoms with Gasteiger partial charge in [0, 0.05) is 54.9 Å². The van der Waals surface area contributed by atoms with Crippen molar-refractivity contribution in [2.24, 2.45) is 5.73 Å². The Balaban J connectivity index is 1.61. The Morgan fingerprint density at radius 1 is 1.21 bits per heavy atom. The van der Waals surface area contributed by atoms with E-state index in [2.05, 4.69) is 17.1 Å². The van der Waals surface area contributed by atoms with Crippen molar-refractivity contribution in [2.75, 3.05) is 13.1 Å². The number of carbonyl (C=O) groups is 1. The average molecular weight is 373 g/mol. The molecule has 4 rings (SSSR count). The van der Waals surface area contributed by atoms with Crippen molar-refractivity contribution in [3.8, 4) is 11.3 Å². The van der Waals surface area contributed by atoms with E-state index in [9.17, 15) is 4.79 Å². The highest BCUT2D eigenvalue weighted by atomic mass is 16.2. The molecule has 3 heterocycles. The minimum atomic E-state index is -0.0131. The number of amides is 1. The van der Waals surface area contributed by atoms with Crippen LogP contribution >= 0.6 is 0 Å². The topological polar surface area (TPSA) is 77.0 Å². The maximum atomic E-state index is 12.5. The van der Waals surface area contributed by atoms with E-state index < -0.39 is 0 Å². The number of rotatable bonds is 5. The third-order valence-corrected chi connectivity index (χ3v) is 4.85. The van der Waals surface area contributed by atoms with Crippen LogP contribution in [0.25, 0.3) is 17.3 Å². The summed E-state index contributed by atoms with van der Waals surface area (Å²) in [7, 11) is 0. The number of aromatic nitrogens is 3. The highest BCUT2D eigenvalue weighted by Crippen LogP contribution is 2.23. The van der Waals surface area contributed by atoms with Crippen LogP contribution in [0.2, 0.25) is 0 Å². The number of benzene rings is 1. The summed E-state index contributed by atoms with van der Waals surface area (Å²) in [6.07, 6.45) is 9.79. The lowest BCUT2D eigenvalue weighted by atomic mass is 10.1. The summed E-state index contributed by atoms with van der Waals surface area (Å²) in [6.45, 7) is 2.00. The predicted molar refractivity (Wildman–Crippen MR) is 109 cm³/mol. The van der Waals surface area contributed by atoms with Gasteiger partial charge in [0.05, 0.1) is 6.54 Å². The first-order valence-electron chi connectivity index (χ1n) is 9.43. The monoisotopic (exact) mass is 373 g/mol. The zero-order chi connectivity index (χ0) is 19.3. The molecule has 3 aromatic rings. The smallest absolute Gasteiger partial charge is 0.246 e. The van der Waals surface area contributed by atoms with Crippen LogP contribution in [0.15, 0.2) is 67.1 Å². The summed E-state index contributed by atoms with van der Waals surface area (Å²) in [4.78, 5) is 18.4. The van der Waals surface area contributed by atoms with Crippen molar-refractivity contribution >= 4 is 12.0 Å². The first-order chi connectivity index (χ1) is 13.7.